The minimum absolute atomic E-state index is 0.249. The standard InChI is InChI=1S/C11H13NO2/c12-11(13)5-4-8-2-1-3-10-9(8)6-7-14-10/h1-3H,4-7H2,(H2,12,13). The summed E-state index contributed by atoms with van der Waals surface area (Å²) in [4.78, 5) is 10.7. The number of amides is 1. The maximum Gasteiger partial charge on any atom is 0.217 e. The summed E-state index contributed by atoms with van der Waals surface area (Å²) in [6, 6.07) is 5.97. The number of aryl methyl sites for hydroxylation is 1. The Hall–Kier alpha value is -1.51. The van der Waals surface area contributed by atoms with E-state index in [0.717, 1.165) is 25.2 Å². The number of rotatable bonds is 3. The number of nitrogens with two attached hydrogens (primary N) is 1. The first-order valence-corrected chi connectivity index (χ1v) is 4.79. The minimum Gasteiger partial charge on any atom is -0.493 e. The van der Waals surface area contributed by atoms with Crippen LogP contribution in [-0.2, 0) is 17.6 Å². The fourth-order valence-corrected chi connectivity index (χ4v) is 1.79. The fourth-order valence-electron chi connectivity index (χ4n) is 1.79. The van der Waals surface area contributed by atoms with Gasteiger partial charge < -0.3 is 10.5 Å². The van der Waals surface area contributed by atoms with Crippen LogP contribution in [0.25, 0.3) is 0 Å². The number of fused-ring (bicyclic) bond motifs is 1. The summed E-state index contributed by atoms with van der Waals surface area (Å²) < 4.78 is 5.43. The monoisotopic (exact) mass is 191 g/mol. The molecule has 74 valence electrons. The first-order chi connectivity index (χ1) is 6.77. The molecule has 0 fully saturated rings. The van der Waals surface area contributed by atoms with Gasteiger partial charge in [0, 0.05) is 18.4 Å². The summed E-state index contributed by atoms with van der Waals surface area (Å²) in [6.07, 6.45) is 2.09. The molecule has 3 heteroatoms. The summed E-state index contributed by atoms with van der Waals surface area (Å²) >= 11 is 0. The Morgan fingerprint density at radius 3 is 3.14 bits per heavy atom. The van der Waals surface area contributed by atoms with Gasteiger partial charge in [0.15, 0.2) is 0 Å². The minimum atomic E-state index is -0.249. The molecule has 0 bridgehead atoms. The third-order valence-electron chi connectivity index (χ3n) is 2.48. The molecule has 1 aliphatic heterocycles. The Morgan fingerprint density at radius 2 is 2.36 bits per heavy atom. The summed E-state index contributed by atoms with van der Waals surface area (Å²) in [6.45, 7) is 0.753. The van der Waals surface area contributed by atoms with Crippen molar-refractivity contribution in [2.75, 3.05) is 6.61 Å². The second kappa shape index (κ2) is 3.70. The highest BCUT2D eigenvalue weighted by molar-refractivity contribution is 5.74. The Labute approximate surface area is 82.9 Å². The Kier molecular flexibility index (Phi) is 2.39. The molecular weight excluding hydrogens is 178 g/mol. The van der Waals surface area contributed by atoms with E-state index in [1.807, 2.05) is 18.2 Å². The van der Waals surface area contributed by atoms with E-state index in [4.69, 9.17) is 10.5 Å². The number of carbonyl (C=O) groups excluding carboxylic acids is 1. The molecule has 2 rings (SSSR count). The van der Waals surface area contributed by atoms with E-state index in [-0.39, 0.29) is 5.91 Å². The van der Waals surface area contributed by atoms with Crippen molar-refractivity contribution < 1.29 is 9.53 Å². The summed E-state index contributed by atoms with van der Waals surface area (Å²) in [5.41, 5.74) is 7.55. The average Bonchev–Trinajstić information content (AvgIpc) is 2.62. The molecule has 1 aliphatic rings. The van der Waals surface area contributed by atoms with Gasteiger partial charge in [-0.05, 0) is 18.1 Å². The van der Waals surface area contributed by atoms with E-state index in [9.17, 15) is 4.79 Å². The van der Waals surface area contributed by atoms with E-state index in [0.29, 0.717) is 6.42 Å². The van der Waals surface area contributed by atoms with Crippen LogP contribution in [0.4, 0.5) is 0 Å². The van der Waals surface area contributed by atoms with Gasteiger partial charge in [-0.3, -0.25) is 4.79 Å². The molecule has 0 atom stereocenters. The topological polar surface area (TPSA) is 52.3 Å². The number of carbonyl (C=O) groups is 1. The summed E-state index contributed by atoms with van der Waals surface area (Å²) in [7, 11) is 0. The van der Waals surface area contributed by atoms with Crippen LogP contribution in [0.3, 0.4) is 0 Å². The van der Waals surface area contributed by atoms with Gasteiger partial charge >= 0.3 is 0 Å². The zero-order chi connectivity index (χ0) is 9.97. The molecule has 0 radical (unpaired) electrons. The molecule has 1 amide bonds. The van der Waals surface area contributed by atoms with Crippen molar-refractivity contribution in [1.29, 1.82) is 0 Å². The first kappa shape index (κ1) is 9.06. The highest BCUT2D eigenvalue weighted by atomic mass is 16.5. The smallest absolute Gasteiger partial charge is 0.217 e. The number of primary amides is 1. The molecule has 0 saturated heterocycles. The van der Waals surface area contributed by atoms with Crippen LogP contribution in [0.1, 0.15) is 17.5 Å². The SMILES string of the molecule is NC(=O)CCc1cccc2c1CCO2. The predicted octanol–water partition coefficient (Wildman–Crippen LogP) is 1.04. The zero-order valence-corrected chi connectivity index (χ0v) is 7.95. The normalized spacial score (nSPS) is 13.4. The maximum atomic E-state index is 10.7. The number of benzene rings is 1. The summed E-state index contributed by atoms with van der Waals surface area (Å²) in [5.74, 6) is 0.716. The molecule has 0 aromatic heterocycles. The van der Waals surface area contributed by atoms with Gasteiger partial charge in [0.1, 0.15) is 5.75 Å². The van der Waals surface area contributed by atoms with E-state index < -0.39 is 0 Å². The van der Waals surface area contributed by atoms with Gasteiger partial charge in [0.05, 0.1) is 6.61 Å². The molecule has 2 N–H and O–H groups in total. The fraction of sp³-hybridized carbons (Fsp3) is 0.364. The Balaban J connectivity index is 2.17. The third-order valence-corrected chi connectivity index (χ3v) is 2.48. The van der Waals surface area contributed by atoms with Crippen molar-refractivity contribution in [3.63, 3.8) is 0 Å². The third kappa shape index (κ3) is 1.71. The van der Waals surface area contributed by atoms with Gasteiger partial charge in [0.25, 0.3) is 0 Å². The maximum absolute atomic E-state index is 10.7. The zero-order valence-electron chi connectivity index (χ0n) is 7.95. The lowest BCUT2D eigenvalue weighted by Crippen LogP contribution is -2.11. The Morgan fingerprint density at radius 1 is 1.50 bits per heavy atom. The summed E-state index contributed by atoms with van der Waals surface area (Å²) in [5, 5.41) is 0. The number of hydrogen-bond donors (Lipinski definition) is 1. The van der Waals surface area contributed by atoms with Gasteiger partial charge in [-0.25, -0.2) is 0 Å². The van der Waals surface area contributed by atoms with Crippen LogP contribution in [-0.4, -0.2) is 12.5 Å². The lowest BCUT2D eigenvalue weighted by molar-refractivity contribution is -0.117. The van der Waals surface area contributed by atoms with E-state index in [2.05, 4.69) is 0 Å². The molecule has 14 heavy (non-hydrogen) atoms. The average molecular weight is 191 g/mol. The molecule has 1 heterocycles. The molecule has 1 aromatic rings. The molecule has 1 aromatic carbocycles. The van der Waals surface area contributed by atoms with Crippen molar-refractivity contribution in [1.82, 2.24) is 0 Å². The lowest BCUT2D eigenvalue weighted by atomic mass is 10.0. The molecule has 3 nitrogen and oxygen atoms in total. The van der Waals surface area contributed by atoms with Crippen LogP contribution >= 0.6 is 0 Å². The van der Waals surface area contributed by atoms with Gasteiger partial charge in [-0.2, -0.15) is 0 Å². The lowest BCUT2D eigenvalue weighted by Gasteiger charge is -2.04. The van der Waals surface area contributed by atoms with Crippen molar-refractivity contribution in [2.24, 2.45) is 5.73 Å². The predicted molar refractivity (Wildman–Crippen MR) is 53.2 cm³/mol. The van der Waals surface area contributed by atoms with Crippen LogP contribution in [0.5, 0.6) is 5.75 Å². The Bertz CT molecular complexity index is 360. The number of ether oxygens (including phenoxy) is 1. The van der Waals surface area contributed by atoms with Crippen LogP contribution in [0, 0.1) is 0 Å². The van der Waals surface area contributed by atoms with Crippen LogP contribution in [0.15, 0.2) is 18.2 Å². The highest BCUT2D eigenvalue weighted by Gasteiger charge is 2.15. The van der Waals surface area contributed by atoms with Gasteiger partial charge in [-0.15, -0.1) is 0 Å². The van der Waals surface area contributed by atoms with Crippen LogP contribution < -0.4 is 10.5 Å². The van der Waals surface area contributed by atoms with Gasteiger partial charge in [0.2, 0.25) is 5.91 Å². The molecule has 0 unspecified atom stereocenters. The van der Waals surface area contributed by atoms with E-state index in [1.54, 1.807) is 0 Å². The molecule has 0 aliphatic carbocycles. The highest BCUT2D eigenvalue weighted by Crippen LogP contribution is 2.28. The molecule has 0 spiro atoms. The van der Waals surface area contributed by atoms with Crippen molar-refractivity contribution in [2.45, 2.75) is 19.3 Å². The van der Waals surface area contributed by atoms with Crippen LogP contribution in [0.2, 0.25) is 0 Å². The molecular formula is C11H13NO2. The molecule has 0 saturated carbocycles. The van der Waals surface area contributed by atoms with Crippen molar-refractivity contribution >= 4 is 5.91 Å². The van der Waals surface area contributed by atoms with Crippen molar-refractivity contribution in [3.05, 3.63) is 29.3 Å². The quantitative estimate of drug-likeness (QED) is 0.776. The second-order valence-electron chi connectivity index (χ2n) is 3.46. The van der Waals surface area contributed by atoms with Crippen molar-refractivity contribution in [3.8, 4) is 5.75 Å². The largest absolute Gasteiger partial charge is 0.493 e. The van der Waals surface area contributed by atoms with Gasteiger partial charge in [-0.1, -0.05) is 12.1 Å². The van der Waals surface area contributed by atoms with E-state index >= 15 is 0 Å². The number of hydrogen-bond acceptors (Lipinski definition) is 2. The first-order valence-electron chi connectivity index (χ1n) is 4.79. The van der Waals surface area contributed by atoms with E-state index in [1.165, 1.54) is 11.1 Å². The second-order valence-corrected chi connectivity index (χ2v) is 3.46.